The van der Waals surface area contributed by atoms with Gasteiger partial charge in [0.25, 0.3) is 0 Å². The highest BCUT2D eigenvalue weighted by Gasteiger charge is 2.13. The van der Waals surface area contributed by atoms with E-state index >= 15 is 0 Å². The highest BCUT2D eigenvalue weighted by Crippen LogP contribution is 2.10. The normalized spacial score (nSPS) is 24.5. The molecule has 31 heavy (non-hydrogen) atoms. The zero-order chi connectivity index (χ0) is 22.9. The lowest BCUT2D eigenvalue weighted by molar-refractivity contribution is 0.0405. The van der Waals surface area contributed by atoms with Crippen LogP contribution in [0.4, 0.5) is 0 Å². The fourth-order valence-corrected chi connectivity index (χ4v) is 4.13. The molecule has 4 fully saturated rings. The van der Waals surface area contributed by atoms with Gasteiger partial charge in [-0.2, -0.15) is 0 Å². The summed E-state index contributed by atoms with van der Waals surface area (Å²) in [6, 6.07) is 0.775. The monoisotopic (exact) mass is 441 g/mol. The number of ether oxygens (including phenoxy) is 1. The Morgan fingerprint density at radius 3 is 1.29 bits per heavy atom. The van der Waals surface area contributed by atoms with E-state index in [4.69, 9.17) is 4.74 Å². The molecular formula is C25H55N5O. The minimum absolute atomic E-state index is 0.775. The van der Waals surface area contributed by atoms with Gasteiger partial charge in [-0.3, -0.25) is 4.90 Å². The van der Waals surface area contributed by atoms with Crippen molar-refractivity contribution in [2.75, 3.05) is 106 Å². The zero-order valence-electron chi connectivity index (χ0n) is 21.9. The van der Waals surface area contributed by atoms with Crippen LogP contribution in [0.3, 0.4) is 0 Å². The number of likely N-dealkylation sites (N-methyl/N-ethyl adjacent to an activating group) is 3. The van der Waals surface area contributed by atoms with Crippen molar-refractivity contribution in [1.29, 1.82) is 0 Å². The quantitative estimate of drug-likeness (QED) is 0.654. The Kier molecular flexibility index (Phi) is 16.9. The van der Waals surface area contributed by atoms with Crippen molar-refractivity contribution in [3.8, 4) is 0 Å². The minimum Gasteiger partial charge on any atom is -0.379 e. The van der Waals surface area contributed by atoms with Crippen LogP contribution in [-0.4, -0.2) is 137 Å². The van der Waals surface area contributed by atoms with E-state index in [-0.39, 0.29) is 0 Å². The summed E-state index contributed by atoms with van der Waals surface area (Å²) >= 11 is 0. The van der Waals surface area contributed by atoms with E-state index < -0.39 is 0 Å². The maximum Gasteiger partial charge on any atom is 0.0594 e. The summed E-state index contributed by atoms with van der Waals surface area (Å²) in [7, 11) is 6.54. The molecule has 0 atom stereocenters. The molecule has 4 aliphatic rings. The average Bonchev–Trinajstić information content (AvgIpc) is 3.34. The molecule has 0 saturated carbocycles. The van der Waals surface area contributed by atoms with Gasteiger partial charge in [0, 0.05) is 45.3 Å². The van der Waals surface area contributed by atoms with Gasteiger partial charge in [0.05, 0.1) is 13.2 Å². The summed E-state index contributed by atoms with van der Waals surface area (Å²) in [5, 5.41) is 0. The van der Waals surface area contributed by atoms with Crippen molar-refractivity contribution < 1.29 is 4.74 Å². The van der Waals surface area contributed by atoms with Crippen molar-refractivity contribution in [3.05, 3.63) is 0 Å². The number of likely N-dealkylation sites (tertiary alicyclic amines) is 2. The number of piperidine rings is 1. The lowest BCUT2D eigenvalue weighted by atomic mass is 10.1. The van der Waals surface area contributed by atoms with Gasteiger partial charge in [0.2, 0.25) is 0 Å². The Bertz CT molecular complexity index is 373. The van der Waals surface area contributed by atoms with Gasteiger partial charge in [-0.15, -0.1) is 0 Å². The fourth-order valence-electron chi connectivity index (χ4n) is 4.13. The molecule has 0 aromatic carbocycles. The summed E-state index contributed by atoms with van der Waals surface area (Å²) in [6.45, 7) is 22.2. The molecule has 6 heteroatoms. The molecule has 186 valence electrons. The number of rotatable bonds is 2. The van der Waals surface area contributed by atoms with Crippen LogP contribution in [-0.2, 0) is 4.74 Å². The molecule has 4 aliphatic heterocycles. The third-order valence-corrected chi connectivity index (χ3v) is 6.73. The van der Waals surface area contributed by atoms with Crippen molar-refractivity contribution in [2.45, 2.75) is 58.9 Å². The van der Waals surface area contributed by atoms with E-state index in [1.54, 1.807) is 0 Å². The number of piperazine rings is 1. The van der Waals surface area contributed by atoms with E-state index in [1.807, 2.05) is 0 Å². The van der Waals surface area contributed by atoms with Gasteiger partial charge in [0.1, 0.15) is 0 Å². The molecule has 0 spiro atoms. The van der Waals surface area contributed by atoms with Crippen LogP contribution >= 0.6 is 0 Å². The summed E-state index contributed by atoms with van der Waals surface area (Å²) in [4.78, 5) is 12.0. The van der Waals surface area contributed by atoms with E-state index in [2.05, 4.69) is 66.4 Å². The van der Waals surface area contributed by atoms with E-state index in [0.717, 1.165) is 32.3 Å². The number of nitrogens with zero attached hydrogens (tertiary/aromatic N) is 5. The van der Waals surface area contributed by atoms with Crippen LogP contribution in [0, 0.1) is 0 Å². The summed E-state index contributed by atoms with van der Waals surface area (Å²) < 4.78 is 5.16. The molecule has 0 aliphatic carbocycles. The first-order valence-electron chi connectivity index (χ1n) is 13.0. The molecule has 0 aromatic rings. The van der Waals surface area contributed by atoms with Crippen LogP contribution in [0.15, 0.2) is 0 Å². The Hall–Kier alpha value is -0.240. The third-order valence-electron chi connectivity index (χ3n) is 6.73. The highest BCUT2D eigenvalue weighted by molar-refractivity contribution is 4.68. The van der Waals surface area contributed by atoms with Crippen LogP contribution in [0.2, 0.25) is 0 Å². The maximum absolute atomic E-state index is 5.16. The van der Waals surface area contributed by atoms with Gasteiger partial charge < -0.3 is 24.3 Å². The van der Waals surface area contributed by atoms with Gasteiger partial charge in [0.15, 0.2) is 0 Å². The lowest BCUT2D eigenvalue weighted by Gasteiger charge is -2.28. The SMILES string of the molecule is CC(C)N1CCCC1.CCN1CCOCC1.CN1CCCCC1.CN1CCN(C)CC1. The van der Waals surface area contributed by atoms with Gasteiger partial charge in [-0.05, 0) is 93.4 Å². The predicted molar refractivity (Wildman–Crippen MR) is 135 cm³/mol. The van der Waals surface area contributed by atoms with Crippen LogP contribution in [0.5, 0.6) is 0 Å². The Morgan fingerprint density at radius 2 is 1.00 bits per heavy atom. The molecule has 6 nitrogen and oxygen atoms in total. The van der Waals surface area contributed by atoms with Crippen LogP contribution in [0.25, 0.3) is 0 Å². The first-order chi connectivity index (χ1) is 14.9. The zero-order valence-corrected chi connectivity index (χ0v) is 21.9. The fraction of sp³-hybridized carbons (Fsp3) is 1.00. The number of hydrogen-bond donors (Lipinski definition) is 0. The second kappa shape index (κ2) is 18.2. The van der Waals surface area contributed by atoms with Crippen molar-refractivity contribution in [1.82, 2.24) is 24.5 Å². The van der Waals surface area contributed by atoms with Crippen LogP contribution in [0.1, 0.15) is 52.9 Å². The Labute approximate surface area is 194 Å². The van der Waals surface area contributed by atoms with Crippen molar-refractivity contribution in [3.63, 3.8) is 0 Å². The second-order valence-corrected chi connectivity index (χ2v) is 9.85. The summed E-state index contributed by atoms with van der Waals surface area (Å²) in [5.41, 5.74) is 0. The Balaban J connectivity index is 0.000000207. The predicted octanol–water partition coefficient (Wildman–Crippen LogP) is 2.79. The summed E-state index contributed by atoms with van der Waals surface area (Å²) in [6.07, 6.45) is 7.10. The molecule has 4 rings (SSSR count). The van der Waals surface area contributed by atoms with Crippen molar-refractivity contribution >= 4 is 0 Å². The molecular weight excluding hydrogens is 386 g/mol. The standard InChI is InChI=1S/C7H15N.C6H14N2.C6H13NO.C6H13N/c1-7(2)8-5-3-4-6-8;1-7-3-5-8(2)6-4-7;1-2-7-3-5-8-6-4-7;1-7-5-3-2-4-6-7/h7H,3-6H2,1-2H3;3-6H2,1-2H3;2-6H2,1H3;2-6H2,1H3. The van der Waals surface area contributed by atoms with E-state index in [9.17, 15) is 0 Å². The molecule has 0 bridgehead atoms. The molecule has 0 unspecified atom stereocenters. The lowest BCUT2D eigenvalue weighted by Crippen LogP contribution is -2.42. The largest absolute Gasteiger partial charge is 0.379 e. The average molecular weight is 442 g/mol. The van der Waals surface area contributed by atoms with E-state index in [1.165, 1.54) is 91.0 Å². The molecule has 0 N–H and O–H groups in total. The molecule has 4 saturated heterocycles. The molecule has 4 heterocycles. The van der Waals surface area contributed by atoms with Crippen molar-refractivity contribution in [2.24, 2.45) is 0 Å². The second-order valence-electron chi connectivity index (χ2n) is 9.85. The Morgan fingerprint density at radius 1 is 0.581 bits per heavy atom. The number of morpholine rings is 1. The molecule has 0 amide bonds. The van der Waals surface area contributed by atoms with Gasteiger partial charge in [-0.1, -0.05) is 13.3 Å². The first kappa shape index (κ1) is 28.8. The smallest absolute Gasteiger partial charge is 0.0594 e. The van der Waals surface area contributed by atoms with Gasteiger partial charge >= 0.3 is 0 Å². The molecule has 0 radical (unpaired) electrons. The minimum atomic E-state index is 0.775. The summed E-state index contributed by atoms with van der Waals surface area (Å²) in [5.74, 6) is 0. The molecule has 0 aromatic heterocycles. The number of hydrogen-bond acceptors (Lipinski definition) is 6. The first-order valence-corrected chi connectivity index (χ1v) is 13.0. The highest BCUT2D eigenvalue weighted by atomic mass is 16.5. The third kappa shape index (κ3) is 15.3. The topological polar surface area (TPSA) is 25.4 Å². The van der Waals surface area contributed by atoms with E-state index in [0.29, 0.717) is 0 Å². The van der Waals surface area contributed by atoms with Gasteiger partial charge in [-0.25, -0.2) is 0 Å². The van der Waals surface area contributed by atoms with Crippen LogP contribution < -0.4 is 0 Å². The maximum atomic E-state index is 5.16.